The number of hydrogen-bond acceptors (Lipinski definition) is 4. The first-order chi connectivity index (χ1) is 13.2. The Balaban J connectivity index is 1.83. The number of hydrogen-bond donors (Lipinski definition) is 0. The minimum atomic E-state index is 0.0796. The Morgan fingerprint density at radius 3 is 2.93 bits per heavy atom. The van der Waals surface area contributed by atoms with E-state index in [1.54, 1.807) is 11.3 Å². The molecule has 0 bridgehead atoms. The maximum absolute atomic E-state index is 13.4. The molecule has 0 spiro atoms. The Morgan fingerprint density at radius 2 is 2.15 bits per heavy atom. The molecule has 0 amide bonds. The first-order valence-corrected chi connectivity index (χ1v) is 10.4. The summed E-state index contributed by atoms with van der Waals surface area (Å²) in [4.78, 5) is 20.6. The van der Waals surface area contributed by atoms with Crippen LogP contribution in [0.15, 0.2) is 35.1 Å². The van der Waals surface area contributed by atoms with Crippen molar-refractivity contribution in [1.29, 1.82) is 5.26 Å². The lowest BCUT2D eigenvalue weighted by Crippen LogP contribution is -2.26. The van der Waals surface area contributed by atoms with Gasteiger partial charge in [-0.3, -0.25) is 9.36 Å². The molecule has 0 saturated carbocycles. The summed E-state index contributed by atoms with van der Waals surface area (Å²) in [5, 5.41) is 9.72. The van der Waals surface area contributed by atoms with Gasteiger partial charge in [-0.1, -0.05) is 37.3 Å². The van der Waals surface area contributed by atoms with Gasteiger partial charge in [-0.2, -0.15) is 5.26 Å². The molecule has 2 aromatic heterocycles. The van der Waals surface area contributed by atoms with Crippen LogP contribution in [0.5, 0.6) is 0 Å². The lowest BCUT2D eigenvalue weighted by atomic mass is 9.89. The molecular formula is C22H23N3OS. The van der Waals surface area contributed by atoms with E-state index in [9.17, 15) is 4.79 Å². The molecule has 138 valence electrons. The minimum absolute atomic E-state index is 0.0796. The number of unbranched alkanes of at least 4 members (excludes halogenated alkanes) is 1. The molecule has 5 heteroatoms. The predicted octanol–water partition coefficient (Wildman–Crippen LogP) is 4.48. The molecule has 0 fully saturated rings. The first kappa shape index (κ1) is 17.9. The number of thiophene rings is 1. The maximum Gasteiger partial charge on any atom is 0.262 e. The van der Waals surface area contributed by atoms with Gasteiger partial charge in [0.1, 0.15) is 10.7 Å². The molecule has 0 saturated heterocycles. The van der Waals surface area contributed by atoms with Crippen LogP contribution in [0.1, 0.15) is 48.0 Å². The number of benzene rings is 1. The zero-order chi connectivity index (χ0) is 18.8. The van der Waals surface area contributed by atoms with Gasteiger partial charge in [0.15, 0.2) is 0 Å². The van der Waals surface area contributed by atoms with Crippen LogP contribution in [-0.2, 0) is 25.8 Å². The fourth-order valence-corrected chi connectivity index (χ4v) is 5.32. The summed E-state index contributed by atoms with van der Waals surface area (Å²) < 4.78 is 1.82. The van der Waals surface area contributed by atoms with Crippen LogP contribution in [-0.4, -0.2) is 9.55 Å². The largest absolute Gasteiger partial charge is 0.296 e. The van der Waals surface area contributed by atoms with Crippen LogP contribution in [0, 0.1) is 17.2 Å². The van der Waals surface area contributed by atoms with Crippen molar-refractivity contribution >= 4 is 21.6 Å². The van der Waals surface area contributed by atoms with Crippen LogP contribution in [0.2, 0.25) is 0 Å². The number of nitriles is 1. The van der Waals surface area contributed by atoms with Crippen LogP contribution >= 0.6 is 11.3 Å². The van der Waals surface area contributed by atoms with Gasteiger partial charge in [-0.15, -0.1) is 11.3 Å². The van der Waals surface area contributed by atoms with E-state index in [-0.39, 0.29) is 5.56 Å². The number of nitrogens with zero attached hydrogens (tertiary/aromatic N) is 3. The zero-order valence-electron chi connectivity index (χ0n) is 15.6. The molecule has 1 aliphatic rings. The van der Waals surface area contributed by atoms with Gasteiger partial charge < -0.3 is 0 Å². The lowest BCUT2D eigenvalue weighted by Gasteiger charge is -2.18. The van der Waals surface area contributed by atoms with E-state index in [0.29, 0.717) is 31.7 Å². The van der Waals surface area contributed by atoms with E-state index in [0.717, 1.165) is 40.9 Å². The standard InChI is InChI=1S/C22H23N3OS/c1-15-9-10-17-18(13-15)27-21-20(17)22(26)25(12-6-5-11-23)19(24-21)14-16-7-3-2-4-8-16/h2-4,7-8,15H,5-6,9-10,12-14H2,1H3. The summed E-state index contributed by atoms with van der Waals surface area (Å²) in [6, 6.07) is 12.3. The summed E-state index contributed by atoms with van der Waals surface area (Å²) in [5.41, 5.74) is 2.45. The van der Waals surface area contributed by atoms with Crippen molar-refractivity contribution in [1.82, 2.24) is 9.55 Å². The average Bonchev–Trinajstić information content (AvgIpc) is 3.02. The topological polar surface area (TPSA) is 58.7 Å². The third-order valence-electron chi connectivity index (χ3n) is 5.37. The molecular weight excluding hydrogens is 354 g/mol. The maximum atomic E-state index is 13.4. The predicted molar refractivity (Wildman–Crippen MR) is 109 cm³/mol. The second kappa shape index (κ2) is 7.66. The van der Waals surface area contributed by atoms with E-state index in [1.165, 1.54) is 10.4 Å². The third-order valence-corrected chi connectivity index (χ3v) is 6.52. The van der Waals surface area contributed by atoms with Crippen LogP contribution < -0.4 is 5.56 Å². The summed E-state index contributed by atoms with van der Waals surface area (Å²) >= 11 is 1.70. The zero-order valence-corrected chi connectivity index (χ0v) is 16.4. The second-order valence-electron chi connectivity index (χ2n) is 7.44. The second-order valence-corrected chi connectivity index (χ2v) is 8.52. The highest BCUT2D eigenvalue weighted by atomic mass is 32.1. The molecule has 0 aliphatic heterocycles. The number of aromatic nitrogens is 2. The Morgan fingerprint density at radius 1 is 1.33 bits per heavy atom. The molecule has 1 aliphatic carbocycles. The summed E-state index contributed by atoms with van der Waals surface area (Å²) in [7, 11) is 0. The number of rotatable bonds is 5. The number of fused-ring (bicyclic) bond motifs is 3. The normalized spacial score (nSPS) is 16.2. The Bertz CT molecular complexity index is 1060. The molecule has 1 unspecified atom stereocenters. The SMILES string of the molecule is CC1CCc2c(sc3nc(Cc4ccccc4)n(CCCC#N)c(=O)c23)C1. The summed E-state index contributed by atoms with van der Waals surface area (Å²) in [6.45, 7) is 2.83. The average molecular weight is 378 g/mol. The fourth-order valence-electron chi connectivity index (χ4n) is 3.93. The van der Waals surface area contributed by atoms with E-state index in [4.69, 9.17) is 10.2 Å². The van der Waals surface area contributed by atoms with Gasteiger partial charge in [0.05, 0.1) is 11.5 Å². The van der Waals surface area contributed by atoms with Crippen molar-refractivity contribution in [3.05, 3.63) is 62.5 Å². The van der Waals surface area contributed by atoms with E-state index < -0.39 is 0 Å². The Kier molecular flexibility index (Phi) is 5.09. The van der Waals surface area contributed by atoms with Crippen molar-refractivity contribution in [2.45, 2.75) is 52.0 Å². The number of aryl methyl sites for hydroxylation is 1. The van der Waals surface area contributed by atoms with Crippen molar-refractivity contribution in [2.24, 2.45) is 5.92 Å². The van der Waals surface area contributed by atoms with Gasteiger partial charge in [-0.05, 0) is 42.7 Å². The molecule has 4 nitrogen and oxygen atoms in total. The van der Waals surface area contributed by atoms with E-state index in [2.05, 4.69) is 25.1 Å². The molecule has 27 heavy (non-hydrogen) atoms. The van der Waals surface area contributed by atoms with E-state index in [1.807, 2.05) is 22.8 Å². The van der Waals surface area contributed by atoms with Gasteiger partial charge in [0, 0.05) is 24.3 Å². The molecule has 2 heterocycles. The van der Waals surface area contributed by atoms with Gasteiger partial charge in [0.25, 0.3) is 5.56 Å². The summed E-state index contributed by atoms with van der Waals surface area (Å²) in [5.74, 6) is 1.48. The quantitative estimate of drug-likeness (QED) is 0.616. The van der Waals surface area contributed by atoms with Crippen molar-refractivity contribution < 1.29 is 0 Å². The summed E-state index contributed by atoms with van der Waals surface area (Å²) in [6.07, 6.45) is 4.93. The fraction of sp³-hybridized carbons (Fsp3) is 0.409. The molecule has 0 N–H and O–H groups in total. The Hall–Kier alpha value is -2.45. The van der Waals surface area contributed by atoms with Crippen molar-refractivity contribution in [3.63, 3.8) is 0 Å². The van der Waals surface area contributed by atoms with Crippen LogP contribution in [0.3, 0.4) is 0 Å². The van der Waals surface area contributed by atoms with Gasteiger partial charge in [0.2, 0.25) is 0 Å². The van der Waals surface area contributed by atoms with Gasteiger partial charge in [-0.25, -0.2) is 4.98 Å². The minimum Gasteiger partial charge on any atom is -0.296 e. The smallest absolute Gasteiger partial charge is 0.262 e. The highest BCUT2D eigenvalue weighted by Crippen LogP contribution is 2.36. The Labute approximate surface area is 163 Å². The monoisotopic (exact) mass is 377 g/mol. The van der Waals surface area contributed by atoms with Gasteiger partial charge >= 0.3 is 0 Å². The van der Waals surface area contributed by atoms with E-state index >= 15 is 0 Å². The molecule has 1 aromatic carbocycles. The molecule has 4 rings (SSSR count). The van der Waals surface area contributed by atoms with Crippen LogP contribution in [0.25, 0.3) is 10.2 Å². The highest BCUT2D eigenvalue weighted by molar-refractivity contribution is 7.18. The highest BCUT2D eigenvalue weighted by Gasteiger charge is 2.24. The lowest BCUT2D eigenvalue weighted by molar-refractivity contribution is 0.509. The molecule has 3 aromatic rings. The molecule has 1 atom stereocenters. The first-order valence-electron chi connectivity index (χ1n) is 9.62. The van der Waals surface area contributed by atoms with Crippen molar-refractivity contribution in [3.8, 4) is 6.07 Å². The third kappa shape index (κ3) is 3.54. The van der Waals surface area contributed by atoms with Crippen molar-refractivity contribution in [2.75, 3.05) is 0 Å². The molecule has 0 radical (unpaired) electrons. The van der Waals surface area contributed by atoms with Crippen LogP contribution in [0.4, 0.5) is 0 Å².